The zero-order chi connectivity index (χ0) is 16.4. The van der Waals surface area contributed by atoms with E-state index in [1.54, 1.807) is 11.7 Å². The molecule has 23 heavy (non-hydrogen) atoms. The number of piperidine rings is 1. The van der Waals surface area contributed by atoms with Crippen molar-refractivity contribution >= 4 is 5.91 Å². The van der Waals surface area contributed by atoms with E-state index in [1.807, 2.05) is 4.90 Å². The van der Waals surface area contributed by atoms with Crippen molar-refractivity contribution < 1.29 is 9.53 Å². The van der Waals surface area contributed by atoms with Crippen molar-refractivity contribution in [1.29, 1.82) is 0 Å². The minimum atomic E-state index is -0.0537. The molecule has 0 aromatic carbocycles. The summed E-state index contributed by atoms with van der Waals surface area (Å²) in [6.45, 7) is 3.60. The third-order valence-corrected chi connectivity index (χ3v) is 5.17. The van der Waals surface area contributed by atoms with E-state index in [0.29, 0.717) is 17.9 Å². The Hall–Kier alpha value is -1.78. The van der Waals surface area contributed by atoms with Gasteiger partial charge >= 0.3 is 0 Å². The van der Waals surface area contributed by atoms with Crippen LogP contribution in [-0.2, 0) is 13.0 Å². The topological polar surface area (TPSA) is 51.5 Å². The van der Waals surface area contributed by atoms with Gasteiger partial charge in [-0.3, -0.25) is 9.59 Å². The highest BCUT2D eigenvalue weighted by molar-refractivity contribution is 5.98. The molecule has 1 aromatic rings. The predicted octanol–water partition coefficient (Wildman–Crippen LogP) is 2.60. The van der Waals surface area contributed by atoms with Crippen LogP contribution in [-0.4, -0.2) is 35.1 Å². The smallest absolute Gasteiger partial charge is 0.259 e. The third kappa shape index (κ3) is 3.01. The number of methoxy groups -OCH3 is 1. The number of pyridine rings is 1. The summed E-state index contributed by atoms with van der Waals surface area (Å²) in [6, 6.07) is 1.73. The molecule has 1 atom stereocenters. The quantitative estimate of drug-likeness (QED) is 0.842. The normalized spacial score (nSPS) is 21.5. The molecule has 0 N–H and O–H groups in total. The lowest BCUT2D eigenvalue weighted by atomic mass is 10.00. The molecule has 0 saturated carbocycles. The van der Waals surface area contributed by atoms with Crippen molar-refractivity contribution in [2.45, 2.75) is 64.5 Å². The van der Waals surface area contributed by atoms with E-state index in [-0.39, 0.29) is 17.5 Å². The van der Waals surface area contributed by atoms with Crippen LogP contribution in [0.4, 0.5) is 0 Å². The van der Waals surface area contributed by atoms with E-state index >= 15 is 0 Å². The van der Waals surface area contributed by atoms with Crippen LogP contribution < -0.4 is 10.3 Å². The van der Waals surface area contributed by atoms with E-state index in [1.165, 1.54) is 12.5 Å². The number of likely N-dealkylation sites (tertiary alicyclic amines) is 1. The van der Waals surface area contributed by atoms with Gasteiger partial charge in [-0.1, -0.05) is 6.42 Å². The first kappa shape index (κ1) is 16.1. The molecule has 1 saturated heterocycles. The van der Waals surface area contributed by atoms with E-state index in [4.69, 9.17) is 4.74 Å². The summed E-state index contributed by atoms with van der Waals surface area (Å²) < 4.78 is 7.21. The maximum absolute atomic E-state index is 13.2. The van der Waals surface area contributed by atoms with Gasteiger partial charge in [0, 0.05) is 30.9 Å². The fraction of sp³-hybridized carbons (Fsp3) is 0.667. The number of nitrogens with zero attached hydrogens (tertiary/aromatic N) is 2. The molecular weight excluding hydrogens is 292 g/mol. The van der Waals surface area contributed by atoms with Gasteiger partial charge in [0.2, 0.25) is 0 Å². The number of rotatable bonds is 2. The molecule has 1 fully saturated rings. The van der Waals surface area contributed by atoms with Gasteiger partial charge in [0.05, 0.1) is 7.11 Å². The van der Waals surface area contributed by atoms with Crippen molar-refractivity contribution in [3.8, 4) is 5.75 Å². The summed E-state index contributed by atoms with van der Waals surface area (Å²) >= 11 is 0. The first-order chi connectivity index (χ1) is 11.1. The molecule has 2 aliphatic heterocycles. The maximum atomic E-state index is 13.2. The van der Waals surface area contributed by atoms with E-state index in [0.717, 1.165) is 50.8 Å². The van der Waals surface area contributed by atoms with Crippen molar-refractivity contribution in [1.82, 2.24) is 9.47 Å². The molecule has 1 amide bonds. The molecular formula is C18H26N2O3. The summed E-state index contributed by atoms with van der Waals surface area (Å²) in [5.41, 5.74) is 1.43. The number of carbonyl (C=O) groups excluding carboxylic acids is 1. The van der Waals surface area contributed by atoms with Gasteiger partial charge in [0.1, 0.15) is 11.3 Å². The Bertz CT molecular complexity index is 650. The third-order valence-electron chi connectivity index (χ3n) is 5.17. The fourth-order valence-electron chi connectivity index (χ4n) is 3.85. The molecule has 0 unspecified atom stereocenters. The highest BCUT2D eigenvalue weighted by Gasteiger charge is 2.30. The molecule has 2 aliphatic rings. The second-order valence-electron chi connectivity index (χ2n) is 6.68. The lowest BCUT2D eigenvalue weighted by molar-refractivity contribution is 0.0629. The molecule has 126 valence electrons. The highest BCUT2D eigenvalue weighted by atomic mass is 16.5. The van der Waals surface area contributed by atoms with E-state index in [9.17, 15) is 9.59 Å². The average Bonchev–Trinajstić information content (AvgIpc) is 2.81. The first-order valence-electron chi connectivity index (χ1n) is 8.75. The van der Waals surface area contributed by atoms with Crippen LogP contribution in [0.1, 0.15) is 61.5 Å². The highest BCUT2D eigenvalue weighted by Crippen LogP contribution is 2.28. The average molecular weight is 318 g/mol. The fourth-order valence-corrected chi connectivity index (χ4v) is 3.85. The van der Waals surface area contributed by atoms with Crippen LogP contribution >= 0.6 is 0 Å². The Morgan fingerprint density at radius 2 is 1.96 bits per heavy atom. The number of hydrogen-bond donors (Lipinski definition) is 0. The van der Waals surface area contributed by atoms with Crippen LogP contribution in [0.2, 0.25) is 0 Å². The molecule has 0 spiro atoms. The van der Waals surface area contributed by atoms with Gasteiger partial charge in [-0.05, 0) is 45.4 Å². The van der Waals surface area contributed by atoms with Crippen LogP contribution in [0.5, 0.6) is 5.75 Å². The zero-order valence-corrected chi connectivity index (χ0v) is 14.1. The Morgan fingerprint density at radius 3 is 2.70 bits per heavy atom. The number of hydrogen-bond acceptors (Lipinski definition) is 3. The minimum Gasteiger partial charge on any atom is -0.496 e. The monoisotopic (exact) mass is 318 g/mol. The van der Waals surface area contributed by atoms with Crippen molar-refractivity contribution in [3.05, 3.63) is 27.7 Å². The van der Waals surface area contributed by atoms with Crippen LogP contribution in [0, 0.1) is 0 Å². The van der Waals surface area contributed by atoms with Gasteiger partial charge < -0.3 is 14.2 Å². The molecule has 3 rings (SSSR count). The Labute approximate surface area is 137 Å². The molecule has 5 nitrogen and oxygen atoms in total. The minimum absolute atomic E-state index is 0.0275. The number of aromatic nitrogens is 1. The largest absolute Gasteiger partial charge is 0.496 e. The standard InChI is InChI=1S/C18H26N2O3/c1-13-8-5-7-10-19(13)18(22)17-14-9-4-3-6-11-20(14)16(21)12-15(17)23-2/h12-13H,3-11H2,1-2H3/t13-/m1/s1. The summed E-state index contributed by atoms with van der Waals surface area (Å²) in [5, 5.41) is 0. The Balaban J connectivity index is 2.09. The van der Waals surface area contributed by atoms with Gasteiger partial charge in [0.25, 0.3) is 11.5 Å². The lowest BCUT2D eigenvalue weighted by Crippen LogP contribution is -2.43. The summed E-state index contributed by atoms with van der Waals surface area (Å²) in [6.07, 6.45) is 7.15. The van der Waals surface area contributed by atoms with Gasteiger partial charge in [-0.25, -0.2) is 0 Å². The maximum Gasteiger partial charge on any atom is 0.259 e. The Morgan fingerprint density at radius 1 is 1.17 bits per heavy atom. The summed E-state index contributed by atoms with van der Waals surface area (Å²) in [4.78, 5) is 27.5. The van der Waals surface area contributed by atoms with Crippen molar-refractivity contribution in [2.24, 2.45) is 0 Å². The van der Waals surface area contributed by atoms with Crippen LogP contribution in [0.25, 0.3) is 0 Å². The van der Waals surface area contributed by atoms with Crippen LogP contribution in [0.15, 0.2) is 10.9 Å². The molecule has 0 aliphatic carbocycles. The lowest BCUT2D eigenvalue weighted by Gasteiger charge is -2.34. The van der Waals surface area contributed by atoms with Crippen LogP contribution in [0.3, 0.4) is 0 Å². The molecule has 0 bridgehead atoms. The summed E-state index contributed by atoms with van der Waals surface area (Å²) in [7, 11) is 1.54. The zero-order valence-electron chi connectivity index (χ0n) is 14.1. The van der Waals surface area contributed by atoms with Gasteiger partial charge in [-0.15, -0.1) is 0 Å². The number of ether oxygens (including phenoxy) is 1. The molecule has 5 heteroatoms. The van der Waals surface area contributed by atoms with Gasteiger partial charge in [0.15, 0.2) is 0 Å². The SMILES string of the molecule is COc1cc(=O)n2c(c1C(=O)N1CCCC[C@H]1C)CCCCC2. The summed E-state index contributed by atoms with van der Waals surface area (Å²) in [5.74, 6) is 0.464. The van der Waals surface area contributed by atoms with E-state index in [2.05, 4.69) is 6.92 Å². The van der Waals surface area contributed by atoms with Gasteiger partial charge in [-0.2, -0.15) is 0 Å². The van der Waals surface area contributed by atoms with Crippen molar-refractivity contribution in [2.75, 3.05) is 13.7 Å². The van der Waals surface area contributed by atoms with E-state index < -0.39 is 0 Å². The van der Waals surface area contributed by atoms with Crippen molar-refractivity contribution in [3.63, 3.8) is 0 Å². The predicted molar refractivity (Wildman–Crippen MR) is 89.2 cm³/mol. The second-order valence-corrected chi connectivity index (χ2v) is 6.68. The number of carbonyl (C=O) groups is 1. The number of amides is 1. The molecule has 1 aromatic heterocycles. The first-order valence-corrected chi connectivity index (χ1v) is 8.75. The second kappa shape index (κ2) is 6.77. The molecule has 0 radical (unpaired) electrons. The Kier molecular flexibility index (Phi) is 4.74. The molecule has 3 heterocycles. The number of fused-ring (bicyclic) bond motifs is 1.